The highest BCUT2D eigenvalue weighted by Crippen LogP contribution is 2.24. The van der Waals surface area contributed by atoms with Crippen LogP contribution in [0.3, 0.4) is 0 Å². The first-order chi connectivity index (χ1) is 9.19. The van der Waals surface area contributed by atoms with E-state index in [-0.39, 0.29) is 0 Å². The molecule has 1 heterocycles. The predicted octanol–water partition coefficient (Wildman–Crippen LogP) is 2.70. The Bertz CT molecular complexity index is 411. The van der Waals surface area contributed by atoms with E-state index in [0.29, 0.717) is 12.6 Å². The number of hydrogen-bond donors (Lipinski definition) is 1. The number of halogens is 1. The lowest BCUT2D eigenvalue weighted by molar-refractivity contribution is 0.210. The lowest BCUT2D eigenvalue weighted by atomic mass is 10.1. The molecule has 0 spiro atoms. The second-order valence-corrected chi connectivity index (χ2v) is 5.57. The average Bonchev–Trinajstić information content (AvgIpc) is 2.39. The number of hydrogen-bond acceptors (Lipinski definition) is 3. The van der Waals surface area contributed by atoms with Gasteiger partial charge in [0, 0.05) is 24.2 Å². The fourth-order valence-electron chi connectivity index (χ4n) is 2.61. The summed E-state index contributed by atoms with van der Waals surface area (Å²) in [4.78, 5) is 2.44. The molecule has 1 saturated heterocycles. The highest BCUT2D eigenvalue weighted by Gasteiger charge is 2.16. The van der Waals surface area contributed by atoms with Crippen molar-refractivity contribution in [2.24, 2.45) is 5.73 Å². The van der Waals surface area contributed by atoms with Crippen LogP contribution in [0.4, 0.5) is 0 Å². The summed E-state index contributed by atoms with van der Waals surface area (Å²) < 4.78 is 5.65. The Morgan fingerprint density at radius 1 is 1.47 bits per heavy atom. The highest BCUT2D eigenvalue weighted by molar-refractivity contribution is 6.30. The van der Waals surface area contributed by atoms with E-state index in [0.717, 1.165) is 43.2 Å². The molecule has 19 heavy (non-hydrogen) atoms. The molecule has 0 radical (unpaired) electrons. The lowest BCUT2D eigenvalue weighted by Gasteiger charge is -2.30. The largest absolute Gasteiger partial charge is 0.494 e. The Morgan fingerprint density at radius 2 is 2.32 bits per heavy atom. The maximum Gasteiger partial charge on any atom is 0.122 e. The van der Waals surface area contributed by atoms with Crippen LogP contribution in [0.2, 0.25) is 5.02 Å². The van der Waals surface area contributed by atoms with Crippen LogP contribution in [0.25, 0.3) is 0 Å². The summed E-state index contributed by atoms with van der Waals surface area (Å²) >= 11 is 6.07. The third-order valence-electron chi connectivity index (χ3n) is 3.56. The molecule has 106 valence electrons. The minimum atomic E-state index is 0.333. The Labute approximate surface area is 120 Å². The van der Waals surface area contributed by atoms with Gasteiger partial charge in [-0.1, -0.05) is 11.6 Å². The first-order valence-corrected chi connectivity index (χ1v) is 7.46. The van der Waals surface area contributed by atoms with Crippen LogP contribution >= 0.6 is 11.6 Å². The molecule has 1 atom stereocenters. The maximum atomic E-state index is 6.07. The number of likely N-dealkylation sites (tertiary alicyclic amines) is 1. The zero-order valence-corrected chi connectivity index (χ0v) is 12.3. The molecule has 0 saturated carbocycles. The van der Waals surface area contributed by atoms with E-state index < -0.39 is 0 Å². The Morgan fingerprint density at radius 3 is 3.05 bits per heavy atom. The van der Waals surface area contributed by atoms with Gasteiger partial charge in [-0.25, -0.2) is 0 Å². The van der Waals surface area contributed by atoms with Gasteiger partial charge in [-0.15, -0.1) is 0 Å². The fourth-order valence-corrected chi connectivity index (χ4v) is 2.81. The van der Waals surface area contributed by atoms with Gasteiger partial charge in [0.1, 0.15) is 5.75 Å². The van der Waals surface area contributed by atoms with E-state index in [4.69, 9.17) is 22.1 Å². The number of piperidine rings is 1. The van der Waals surface area contributed by atoms with Crippen LogP contribution in [-0.2, 0) is 6.42 Å². The van der Waals surface area contributed by atoms with Gasteiger partial charge < -0.3 is 15.4 Å². The number of nitrogens with two attached hydrogens (primary N) is 1. The molecule has 0 bridgehead atoms. The Hall–Kier alpha value is -0.770. The highest BCUT2D eigenvalue weighted by atomic mass is 35.5. The summed E-state index contributed by atoms with van der Waals surface area (Å²) in [5.74, 6) is 0.952. The summed E-state index contributed by atoms with van der Waals surface area (Å²) in [6, 6.07) is 6.19. The minimum absolute atomic E-state index is 0.333. The van der Waals surface area contributed by atoms with Gasteiger partial charge in [0.2, 0.25) is 0 Å². The SMILES string of the molecule is CCOc1ccc(Cl)cc1CCN1CCC[C@H](N)C1. The van der Waals surface area contributed by atoms with Crippen LogP contribution in [0.1, 0.15) is 25.3 Å². The second-order valence-electron chi connectivity index (χ2n) is 5.14. The molecule has 0 unspecified atom stereocenters. The third kappa shape index (κ3) is 4.37. The topological polar surface area (TPSA) is 38.5 Å². The summed E-state index contributed by atoms with van der Waals surface area (Å²) in [5, 5.41) is 0.772. The first-order valence-electron chi connectivity index (χ1n) is 7.08. The van der Waals surface area contributed by atoms with Gasteiger partial charge in [-0.3, -0.25) is 0 Å². The monoisotopic (exact) mass is 282 g/mol. The van der Waals surface area contributed by atoms with Crippen molar-refractivity contribution < 1.29 is 4.74 Å². The van der Waals surface area contributed by atoms with Crippen LogP contribution in [0.5, 0.6) is 5.75 Å². The van der Waals surface area contributed by atoms with Crippen molar-refractivity contribution in [3.05, 3.63) is 28.8 Å². The molecule has 2 N–H and O–H groups in total. The molecule has 0 amide bonds. The van der Waals surface area contributed by atoms with Gasteiger partial charge in [0.05, 0.1) is 6.61 Å². The van der Waals surface area contributed by atoms with Crippen molar-refractivity contribution in [3.8, 4) is 5.75 Å². The van der Waals surface area contributed by atoms with Crippen LogP contribution in [0, 0.1) is 0 Å². The number of rotatable bonds is 5. The van der Waals surface area contributed by atoms with Crippen molar-refractivity contribution in [2.45, 2.75) is 32.2 Å². The fraction of sp³-hybridized carbons (Fsp3) is 0.600. The van der Waals surface area contributed by atoms with Crippen molar-refractivity contribution in [2.75, 3.05) is 26.2 Å². The molecule has 1 aliphatic heterocycles. The third-order valence-corrected chi connectivity index (χ3v) is 3.80. The normalized spacial score (nSPS) is 20.5. The summed E-state index contributed by atoms with van der Waals surface area (Å²) in [5.41, 5.74) is 7.20. The van der Waals surface area contributed by atoms with E-state index in [1.54, 1.807) is 0 Å². The molecule has 1 aliphatic rings. The maximum absolute atomic E-state index is 6.07. The molecule has 0 aromatic heterocycles. The molecule has 0 aliphatic carbocycles. The van der Waals surface area contributed by atoms with Gasteiger partial charge in [-0.2, -0.15) is 0 Å². The molecule has 4 heteroatoms. The van der Waals surface area contributed by atoms with E-state index in [1.807, 2.05) is 25.1 Å². The van der Waals surface area contributed by atoms with Crippen molar-refractivity contribution in [3.63, 3.8) is 0 Å². The molecule has 3 nitrogen and oxygen atoms in total. The van der Waals surface area contributed by atoms with Crippen molar-refractivity contribution in [1.82, 2.24) is 4.90 Å². The van der Waals surface area contributed by atoms with E-state index in [2.05, 4.69) is 4.90 Å². The standard InChI is InChI=1S/C15H23ClN2O/c1-2-19-15-6-5-13(16)10-12(15)7-9-18-8-3-4-14(17)11-18/h5-6,10,14H,2-4,7-9,11,17H2,1H3/t14-/m0/s1. The van der Waals surface area contributed by atoms with Gasteiger partial charge in [0.15, 0.2) is 0 Å². The van der Waals surface area contributed by atoms with Crippen LogP contribution in [0.15, 0.2) is 18.2 Å². The second kappa shape index (κ2) is 7.13. The molecule has 1 aromatic rings. The van der Waals surface area contributed by atoms with Gasteiger partial charge in [0.25, 0.3) is 0 Å². The molecule has 2 rings (SSSR count). The van der Waals surface area contributed by atoms with Crippen LogP contribution < -0.4 is 10.5 Å². The quantitative estimate of drug-likeness (QED) is 0.902. The molecular weight excluding hydrogens is 260 g/mol. The Balaban J connectivity index is 1.95. The molecule has 1 fully saturated rings. The van der Waals surface area contributed by atoms with Crippen molar-refractivity contribution in [1.29, 1.82) is 0 Å². The molecular formula is C15H23ClN2O. The number of ether oxygens (including phenoxy) is 1. The Kier molecular flexibility index (Phi) is 5.49. The zero-order valence-electron chi connectivity index (χ0n) is 11.6. The van der Waals surface area contributed by atoms with Gasteiger partial charge in [-0.05, 0) is 56.5 Å². The van der Waals surface area contributed by atoms with E-state index in [9.17, 15) is 0 Å². The smallest absolute Gasteiger partial charge is 0.122 e. The average molecular weight is 283 g/mol. The van der Waals surface area contributed by atoms with E-state index >= 15 is 0 Å². The first kappa shape index (κ1) is 14.6. The lowest BCUT2D eigenvalue weighted by Crippen LogP contribution is -2.43. The zero-order chi connectivity index (χ0) is 13.7. The van der Waals surface area contributed by atoms with Crippen molar-refractivity contribution >= 4 is 11.6 Å². The predicted molar refractivity (Wildman–Crippen MR) is 80.0 cm³/mol. The summed E-state index contributed by atoms with van der Waals surface area (Å²) in [6.45, 7) is 5.86. The summed E-state index contributed by atoms with van der Waals surface area (Å²) in [6.07, 6.45) is 3.31. The summed E-state index contributed by atoms with van der Waals surface area (Å²) in [7, 11) is 0. The van der Waals surface area contributed by atoms with Gasteiger partial charge >= 0.3 is 0 Å². The van der Waals surface area contributed by atoms with E-state index in [1.165, 1.54) is 12.0 Å². The molecule has 1 aromatic carbocycles. The number of benzene rings is 1. The minimum Gasteiger partial charge on any atom is -0.494 e. The van der Waals surface area contributed by atoms with Crippen LogP contribution in [-0.4, -0.2) is 37.2 Å². The number of nitrogens with zero attached hydrogens (tertiary/aromatic N) is 1.